The average molecular weight is 206 g/mol. The van der Waals surface area contributed by atoms with Crippen LogP contribution in [0, 0.1) is 5.92 Å². The lowest BCUT2D eigenvalue weighted by Crippen LogP contribution is -2.38. The smallest absolute Gasteiger partial charge is 0.171 e. The minimum atomic E-state index is -1.32. The van der Waals surface area contributed by atoms with Crippen LogP contribution in [0.2, 0.25) is 0 Å². The van der Waals surface area contributed by atoms with Crippen LogP contribution in [0.1, 0.15) is 32.8 Å². The number of ketones is 1. The van der Waals surface area contributed by atoms with Crippen LogP contribution >= 0.6 is 0 Å². The first kappa shape index (κ1) is 11.9. The Labute approximate surface area is 90.9 Å². The van der Waals surface area contributed by atoms with Crippen LogP contribution in [0.15, 0.2) is 30.3 Å². The first-order chi connectivity index (χ1) is 7.02. The Kier molecular flexibility index (Phi) is 3.64. The van der Waals surface area contributed by atoms with Crippen molar-refractivity contribution in [2.24, 2.45) is 5.92 Å². The first-order valence-electron chi connectivity index (χ1n) is 5.34. The summed E-state index contributed by atoms with van der Waals surface area (Å²) >= 11 is 0. The molecule has 0 aliphatic carbocycles. The molecule has 0 aliphatic rings. The maximum atomic E-state index is 11.9. The summed E-state index contributed by atoms with van der Waals surface area (Å²) in [6, 6.07) is 9.14. The highest BCUT2D eigenvalue weighted by molar-refractivity contribution is 5.89. The van der Waals surface area contributed by atoms with Crippen molar-refractivity contribution in [1.82, 2.24) is 0 Å². The molecule has 0 aliphatic heterocycles. The summed E-state index contributed by atoms with van der Waals surface area (Å²) in [6.45, 7) is 5.45. The second-order valence-corrected chi connectivity index (χ2v) is 4.10. The Morgan fingerprint density at radius 2 is 1.87 bits per heavy atom. The molecule has 1 unspecified atom stereocenters. The van der Waals surface area contributed by atoms with E-state index in [4.69, 9.17) is 0 Å². The van der Waals surface area contributed by atoms with Crippen LogP contribution in [0.25, 0.3) is 0 Å². The SMILES string of the molecule is CCC(O)(C(=O)C(C)C)c1ccccc1. The molecule has 0 spiro atoms. The Morgan fingerprint density at radius 1 is 1.33 bits per heavy atom. The van der Waals surface area contributed by atoms with Crippen LogP contribution in [0.3, 0.4) is 0 Å². The molecule has 0 radical (unpaired) electrons. The molecule has 0 amide bonds. The Bertz CT molecular complexity index is 330. The van der Waals surface area contributed by atoms with Crippen molar-refractivity contribution in [2.45, 2.75) is 32.8 Å². The number of rotatable bonds is 4. The lowest BCUT2D eigenvalue weighted by atomic mass is 9.82. The molecule has 0 aromatic heterocycles. The molecule has 1 atom stereocenters. The fourth-order valence-electron chi connectivity index (χ4n) is 1.71. The summed E-state index contributed by atoms with van der Waals surface area (Å²) in [4.78, 5) is 11.9. The van der Waals surface area contributed by atoms with Gasteiger partial charge in [-0.1, -0.05) is 51.1 Å². The van der Waals surface area contributed by atoms with Crippen LogP contribution in [-0.2, 0) is 10.4 Å². The highest BCUT2D eigenvalue weighted by Crippen LogP contribution is 2.28. The zero-order valence-electron chi connectivity index (χ0n) is 9.53. The van der Waals surface area contributed by atoms with Crippen molar-refractivity contribution in [3.63, 3.8) is 0 Å². The molecule has 0 saturated heterocycles. The van der Waals surface area contributed by atoms with Crippen molar-refractivity contribution >= 4 is 5.78 Å². The third kappa shape index (κ3) is 2.26. The molecule has 15 heavy (non-hydrogen) atoms. The van der Waals surface area contributed by atoms with Gasteiger partial charge in [-0.2, -0.15) is 0 Å². The van der Waals surface area contributed by atoms with E-state index in [9.17, 15) is 9.90 Å². The van der Waals surface area contributed by atoms with Gasteiger partial charge >= 0.3 is 0 Å². The summed E-state index contributed by atoms with van der Waals surface area (Å²) < 4.78 is 0. The van der Waals surface area contributed by atoms with E-state index in [0.29, 0.717) is 12.0 Å². The molecule has 0 fully saturated rings. The topological polar surface area (TPSA) is 37.3 Å². The summed E-state index contributed by atoms with van der Waals surface area (Å²) in [5.41, 5.74) is -0.638. The van der Waals surface area contributed by atoms with Crippen LogP contribution in [0.5, 0.6) is 0 Å². The van der Waals surface area contributed by atoms with Gasteiger partial charge in [0.2, 0.25) is 0 Å². The molecular weight excluding hydrogens is 188 g/mol. The third-order valence-corrected chi connectivity index (χ3v) is 2.70. The van der Waals surface area contributed by atoms with Crippen molar-refractivity contribution in [2.75, 3.05) is 0 Å². The number of carbonyl (C=O) groups is 1. The number of Topliss-reactive ketones (excluding diaryl/α,β-unsaturated/α-hetero) is 1. The monoisotopic (exact) mass is 206 g/mol. The molecule has 82 valence electrons. The normalized spacial score (nSPS) is 15.0. The van der Waals surface area contributed by atoms with Crippen LogP contribution in [-0.4, -0.2) is 10.9 Å². The second-order valence-electron chi connectivity index (χ2n) is 4.10. The molecule has 1 rings (SSSR count). The number of benzene rings is 1. The summed E-state index contributed by atoms with van der Waals surface area (Å²) in [5, 5.41) is 10.4. The highest BCUT2D eigenvalue weighted by Gasteiger charge is 2.36. The van der Waals surface area contributed by atoms with Crippen molar-refractivity contribution in [3.8, 4) is 0 Å². The van der Waals surface area contributed by atoms with Gasteiger partial charge in [-0.3, -0.25) is 4.79 Å². The Balaban J connectivity index is 3.11. The van der Waals surface area contributed by atoms with E-state index in [1.807, 2.05) is 39.0 Å². The van der Waals surface area contributed by atoms with Gasteiger partial charge in [-0.25, -0.2) is 0 Å². The second kappa shape index (κ2) is 4.58. The summed E-state index contributed by atoms with van der Waals surface area (Å²) in [7, 11) is 0. The van der Waals surface area contributed by atoms with Gasteiger partial charge < -0.3 is 5.11 Å². The highest BCUT2D eigenvalue weighted by atomic mass is 16.3. The molecule has 1 aromatic rings. The predicted octanol–water partition coefficient (Wildman–Crippen LogP) is 2.51. The number of hydrogen-bond donors (Lipinski definition) is 1. The quantitative estimate of drug-likeness (QED) is 0.821. The summed E-state index contributed by atoms with van der Waals surface area (Å²) in [6.07, 6.45) is 0.411. The van der Waals surface area contributed by atoms with Crippen molar-refractivity contribution in [1.29, 1.82) is 0 Å². The number of aliphatic hydroxyl groups is 1. The average Bonchev–Trinajstić information content (AvgIpc) is 2.28. The minimum absolute atomic E-state index is 0.115. The Hall–Kier alpha value is -1.15. The maximum Gasteiger partial charge on any atom is 0.171 e. The zero-order chi connectivity index (χ0) is 11.5. The molecule has 0 saturated carbocycles. The van der Waals surface area contributed by atoms with E-state index in [-0.39, 0.29) is 11.7 Å². The lowest BCUT2D eigenvalue weighted by Gasteiger charge is -2.27. The van der Waals surface area contributed by atoms with Crippen molar-refractivity contribution in [3.05, 3.63) is 35.9 Å². The van der Waals surface area contributed by atoms with Gasteiger partial charge in [0.1, 0.15) is 5.60 Å². The standard InChI is InChI=1S/C13H18O2/c1-4-13(15,12(14)10(2)3)11-8-6-5-7-9-11/h5-10,15H,4H2,1-3H3. The molecule has 2 nitrogen and oxygen atoms in total. The zero-order valence-corrected chi connectivity index (χ0v) is 9.53. The van der Waals surface area contributed by atoms with Crippen molar-refractivity contribution < 1.29 is 9.90 Å². The third-order valence-electron chi connectivity index (χ3n) is 2.70. The molecular formula is C13H18O2. The van der Waals surface area contributed by atoms with E-state index in [0.717, 1.165) is 0 Å². The van der Waals surface area contributed by atoms with E-state index in [1.54, 1.807) is 12.1 Å². The molecule has 1 aromatic carbocycles. The number of carbonyl (C=O) groups excluding carboxylic acids is 1. The van der Waals surface area contributed by atoms with Gasteiger partial charge in [0.25, 0.3) is 0 Å². The minimum Gasteiger partial charge on any atom is -0.377 e. The van der Waals surface area contributed by atoms with E-state index >= 15 is 0 Å². The van der Waals surface area contributed by atoms with Gasteiger partial charge in [-0.15, -0.1) is 0 Å². The molecule has 0 heterocycles. The van der Waals surface area contributed by atoms with Gasteiger partial charge in [-0.05, 0) is 12.0 Å². The van der Waals surface area contributed by atoms with Crippen LogP contribution < -0.4 is 0 Å². The van der Waals surface area contributed by atoms with Gasteiger partial charge in [0.15, 0.2) is 5.78 Å². The van der Waals surface area contributed by atoms with E-state index in [2.05, 4.69) is 0 Å². The predicted molar refractivity (Wildman–Crippen MR) is 60.5 cm³/mol. The largest absolute Gasteiger partial charge is 0.377 e. The fourth-order valence-corrected chi connectivity index (χ4v) is 1.71. The van der Waals surface area contributed by atoms with E-state index < -0.39 is 5.60 Å². The van der Waals surface area contributed by atoms with E-state index in [1.165, 1.54) is 0 Å². The fraction of sp³-hybridized carbons (Fsp3) is 0.462. The molecule has 2 heteroatoms. The van der Waals surface area contributed by atoms with Gasteiger partial charge in [0, 0.05) is 5.92 Å². The van der Waals surface area contributed by atoms with Gasteiger partial charge in [0.05, 0.1) is 0 Å². The van der Waals surface area contributed by atoms with Crippen LogP contribution in [0.4, 0.5) is 0 Å². The molecule has 1 N–H and O–H groups in total. The first-order valence-corrected chi connectivity index (χ1v) is 5.34. The lowest BCUT2D eigenvalue weighted by molar-refractivity contribution is -0.142. The summed E-state index contributed by atoms with van der Waals surface area (Å²) in [5.74, 6) is -0.272. The molecule has 0 bridgehead atoms. The Morgan fingerprint density at radius 3 is 2.27 bits per heavy atom. The number of hydrogen-bond acceptors (Lipinski definition) is 2. The maximum absolute atomic E-state index is 11.9.